The van der Waals surface area contributed by atoms with Crippen LogP contribution in [0.4, 0.5) is 0 Å². The molecule has 1 aromatic heterocycles. The fourth-order valence-electron chi connectivity index (χ4n) is 4.89. The second-order valence-corrected chi connectivity index (χ2v) is 9.88. The van der Waals surface area contributed by atoms with Crippen molar-refractivity contribution in [2.75, 3.05) is 47.1 Å². The Labute approximate surface area is 205 Å². The van der Waals surface area contributed by atoms with E-state index in [1.807, 2.05) is 29.2 Å². The monoisotopic (exact) mass is 486 g/mol. The minimum Gasteiger partial charge on any atom is -0.497 e. The fraction of sp³-hybridized carbons (Fsp3) is 0.538. The predicted molar refractivity (Wildman–Crippen MR) is 131 cm³/mol. The summed E-state index contributed by atoms with van der Waals surface area (Å²) in [5.74, 6) is 1.50. The maximum absolute atomic E-state index is 13.6. The number of hydrogen-bond acceptors (Lipinski definition) is 6. The Morgan fingerprint density at radius 3 is 2.71 bits per heavy atom. The van der Waals surface area contributed by atoms with Gasteiger partial charge in [0.15, 0.2) is 0 Å². The van der Waals surface area contributed by atoms with Gasteiger partial charge in [-0.2, -0.15) is 0 Å². The number of benzene rings is 1. The van der Waals surface area contributed by atoms with Gasteiger partial charge < -0.3 is 24.0 Å². The van der Waals surface area contributed by atoms with Crippen molar-refractivity contribution < 1.29 is 23.8 Å². The van der Waals surface area contributed by atoms with E-state index in [2.05, 4.69) is 11.4 Å². The van der Waals surface area contributed by atoms with E-state index in [1.54, 1.807) is 30.5 Å². The van der Waals surface area contributed by atoms with Gasteiger partial charge in [0.2, 0.25) is 11.8 Å². The van der Waals surface area contributed by atoms with Crippen LogP contribution in [-0.4, -0.2) is 68.7 Å². The highest BCUT2D eigenvalue weighted by molar-refractivity contribution is 7.10. The van der Waals surface area contributed by atoms with Gasteiger partial charge in [-0.3, -0.25) is 9.59 Å². The van der Waals surface area contributed by atoms with Crippen molar-refractivity contribution in [1.82, 2.24) is 9.80 Å². The van der Waals surface area contributed by atoms with Crippen molar-refractivity contribution in [3.63, 3.8) is 0 Å². The molecule has 184 valence electrons. The van der Waals surface area contributed by atoms with Crippen molar-refractivity contribution in [3.8, 4) is 11.5 Å². The van der Waals surface area contributed by atoms with Crippen LogP contribution in [-0.2, 0) is 20.7 Å². The third kappa shape index (κ3) is 5.73. The highest BCUT2D eigenvalue weighted by Crippen LogP contribution is 2.34. The molecule has 0 unspecified atom stereocenters. The molecule has 2 heterocycles. The number of fused-ring (bicyclic) bond motifs is 1. The smallest absolute Gasteiger partial charge is 0.242 e. The SMILES string of the molecule is COCCN(CC(=O)N1CCc2sccc2[C@H]1COc1cccc(OC)c1)C(=O)C1CCCC1. The topological polar surface area (TPSA) is 68.3 Å². The van der Waals surface area contributed by atoms with Crippen molar-refractivity contribution >= 4 is 23.2 Å². The number of nitrogens with zero attached hydrogens (tertiary/aromatic N) is 2. The first-order valence-electron chi connectivity index (χ1n) is 12.0. The predicted octanol–water partition coefficient (Wildman–Crippen LogP) is 3.93. The van der Waals surface area contributed by atoms with Crippen molar-refractivity contribution in [3.05, 3.63) is 46.2 Å². The summed E-state index contributed by atoms with van der Waals surface area (Å²) in [5, 5.41) is 2.08. The molecule has 4 rings (SSSR count). The third-order valence-electron chi connectivity index (χ3n) is 6.77. The number of carbonyl (C=O) groups is 2. The van der Waals surface area contributed by atoms with Crippen LogP contribution in [0.5, 0.6) is 11.5 Å². The maximum Gasteiger partial charge on any atom is 0.242 e. The van der Waals surface area contributed by atoms with Gasteiger partial charge in [0, 0.05) is 37.1 Å². The molecule has 7 nitrogen and oxygen atoms in total. The lowest BCUT2D eigenvalue weighted by Crippen LogP contribution is -2.49. The van der Waals surface area contributed by atoms with Crippen LogP contribution in [0.25, 0.3) is 0 Å². The quantitative estimate of drug-likeness (QED) is 0.509. The molecular weight excluding hydrogens is 452 g/mol. The highest BCUT2D eigenvalue weighted by atomic mass is 32.1. The summed E-state index contributed by atoms with van der Waals surface area (Å²) < 4.78 is 16.7. The number of amides is 2. The van der Waals surface area contributed by atoms with Gasteiger partial charge >= 0.3 is 0 Å². The molecule has 2 aliphatic rings. The van der Waals surface area contributed by atoms with Crippen LogP contribution >= 0.6 is 11.3 Å². The summed E-state index contributed by atoms with van der Waals surface area (Å²) in [6.45, 7) is 1.89. The Bertz CT molecular complexity index is 972. The lowest BCUT2D eigenvalue weighted by Gasteiger charge is -2.37. The molecule has 0 spiro atoms. The van der Waals surface area contributed by atoms with E-state index in [-0.39, 0.29) is 30.3 Å². The van der Waals surface area contributed by atoms with Crippen molar-refractivity contribution in [1.29, 1.82) is 0 Å². The van der Waals surface area contributed by atoms with Gasteiger partial charge in [-0.1, -0.05) is 18.9 Å². The Hall–Kier alpha value is -2.58. The Morgan fingerprint density at radius 1 is 1.15 bits per heavy atom. The van der Waals surface area contributed by atoms with Gasteiger partial charge in [0.1, 0.15) is 18.1 Å². The number of ether oxygens (including phenoxy) is 3. The van der Waals surface area contributed by atoms with E-state index in [0.717, 1.165) is 43.4 Å². The van der Waals surface area contributed by atoms with Crippen LogP contribution in [0.1, 0.15) is 42.2 Å². The van der Waals surface area contributed by atoms with E-state index >= 15 is 0 Å². The van der Waals surface area contributed by atoms with Crippen LogP contribution in [0.15, 0.2) is 35.7 Å². The van der Waals surface area contributed by atoms with Gasteiger partial charge in [-0.05, 0) is 48.4 Å². The normalized spacial score (nSPS) is 17.9. The second kappa shape index (κ2) is 11.7. The summed E-state index contributed by atoms with van der Waals surface area (Å²) in [7, 11) is 3.25. The molecular formula is C26H34N2O5S. The van der Waals surface area contributed by atoms with Gasteiger partial charge in [-0.15, -0.1) is 11.3 Å². The zero-order valence-corrected chi connectivity index (χ0v) is 20.9. The maximum atomic E-state index is 13.6. The standard InChI is InChI=1S/C26H34N2O5S/c1-31-14-13-27(26(30)19-6-3-4-7-19)17-25(29)28-12-10-24-22(11-15-34-24)23(28)18-33-21-9-5-8-20(16-21)32-2/h5,8-9,11,15-16,19,23H,3-4,6-7,10,12-14,17-18H2,1-2H3/t23-/m1/s1. The molecule has 0 saturated heterocycles. The van der Waals surface area contributed by atoms with Crippen LogP contribution < -0.4 is 9.47 Å². The summed E-state index contributed by atoms with van der Waals surface area (Å²) in [6.07, 6.45) is 4.81. The van der Waals surface area contributed by atoms with Crippen molar-refractivity contribution in [2.24, 2.45) is 5.92 Å². The number of hydrogen-bond donors (Lipinski definition) is 0. The Balaban J connectivity index is 1.48. The number of carbonyl (C=O) groups excluding carboxylic acids is 2. The molecule has 1 aromatic carbocycles. The lowest BCUT2D eigenvalue weighted by atomic mass is 10.00. The molecule has 1 aliphatic carbocycles. The first-order chi connectivity index (χ1) is 16.6. The van der Waals surface area contributed by atoms with E-state index in [9.17, 15) is 9.59 Å². The molecule has 8 heteroatoms. The lowest BCUT2D eigenvalue weighted by molar-refractivity contribution is -0.145. The third-order valence-corrected chi connectivity index (χ3v) is 7.77. The molecule has 0 radical (unpaired) electrons. The second-order valence-electron chi connectivity index (χ2n) is 8.88. The zero-order valence-electron chi connectivity index (χ0n) is 20.0. The van der Waals surface area contributed by atoms with E-state index in [4.69, 9.17) is 14.2 Å². The van der Waals surface area contributed by atoms with Crippen LogP contribution in [0.2, 0.25) is 0 Å². The van der Waals surface area contributed by atoms with Crippen LogP contribution in [0, 0.1) is 5.92 Å². The van der Waals surface area contributed by atoms with E-state index in [0.29, 0.717) is 32.1 Å². The fourth-order valence-corrected chi connectivity index (χ4v) is 5.82. The molecule has 1 aliphatic heterocycles. The Morgan fingerprint density at radius 2 is 1.94 bits per heavy atom. The first kappa shape index (κ1) is 24.5. The van der Waals surface area contributed by atoms with Gasteiger partial charge in [0.05, 0.1) is 26.3 Å². The zero-order chi connectivity index (χ0) is 23.9. The minimum atomic E-state index is -0.195. The highest BCUT2D eigenvalue weighted by Gasteiger charge is 2.35. The van der Waals surface area contributed by atoms with Crippen molar-refractivity contribution in [2.45, 2.75) is 38.1 Å². The average molecular weight is 487 g/mol. The van der Waals surface area contributed by atoms with Gasteiger partial charge in [0.25, 0.3) is 0 Å². The largest absolute Gasteiger partial charge is 0.497 e. The summed E-state index contributed by atoms with van der Waals surface area (Å²) in [5.41, 5.74) is 1.14. The molecule has 1 atom stereocenters. The molecule has 2 aromatic rings. The molecule has 0 bridgehead atoms. The first-order valence-corrected chi connectivity index (χ1v) is 12.9. The number of rotatable bonds is 10. The van der Waals surface area contributed by atoms with E-state index < -0.39 is 0 Å². The number of thiophene rings is 1. The van der Waals surface area contributed by atoms with Crippen LogP contribution in [0.3, 0.4) is 0 Å². The molecule has 1 fully saturated rings. The molecule has 1 saturated carbocycles. The summed E-state index contributed by atoms with van der Waals surface area (Å²) in [4.78, 5) is 31.6. The molecule has 0 N–H and O–H groups in total. The number of methoxy groups -OCH3 is 2. The molecule has 2 amide bonds. The van der Waals surface area contributed by atoms with Gasteiger partial charge in [-0.25, -0.2) is 0 Å². The minimum absolute atomic E-state index is 0.0293. The summed E-state index contributed by atoms with van der Waals surface area (Å²) >= 11 is 1.72. The van der Waals surface area contributed by atoms with E-state index in [1.165, 1.54) is 4.88 Å². The Kier molecular flexibility index (Phi) is 8.45. The average Bonchev–Trinajstić information content (AvgIpc) is 3.57. The molecule has 34 heavy (non-hydrogen) atoms. The summed E-state index contributed by atoms with van der Waals surface area (Å²) in [6, 6.07) is 9.38.